The number of urea groups is 1. The number of amides is 2. The minimum Gasteiger partial charge on any atom is -0.480 e. The Labute approximate surface area is 108 Å². The lowest BCUT2D eigenvalue weighted by molar-refractivity contribution is -0.140. The predicted octanol–water partition coefficient (Wildman–Crippen LogP) is 1.21. The summed E-state index contributed by atoms with van der Waals surface area (Å²) in [6, 6.07) is -1.44. The lowest BCUT2D eigenvalue weighted by Gasteiger charge is -2.22. The van der Waals surface area contributed by atoms with Gasteiger partial charge in [0.1, 0.15) is 6.04 Å². The highest BCUT2D eigenvalue weighted by atomic mass is 16.5. The highest BCUT2D eigenvalue weighted by molar-refractivity contribution is 5.82. The zero-order chi connectivity index (χ0) is 14.1. The highest BCUT2D eigenvalue weighted by Gasteiger charge is 2.25. The van der Waals surface area contributed by atoms with Gasteiger partial charge in [-0.1, -0.05) is 27.2 Å². The van der Waals surface area contributed by atoms with Crippen molar-refractivity contribution in [2.24, 2.45) is 5.92 Å². The van der Waals surface area contributed by atoms with Crippen LogP contribution in [0.4, 0.5) is 4.79 Å². The van der Waals surface area contributed by atoms with E-state index in [2.05, 4.69) is 10.6 Å². The van der Waals surface area contributed by atoms with Crippen molar-refractivity contribution >= 4 is 12.0 Å². The number of carbonyl (C=O) groups is 2. The summed E-state index contributed by atoms with van der Waals surface area (Å²) in [5.41, 5.74) is 0. The SMILES string of the molecule is CCC(COC)NC(=O)N[C@H](C(=O)O)C(C)CC. The van der Waals surface area contributed by atoms with Crippen molar-refractivity contribution in [2.45, 2.75) is 45.7 Å². The smallest absolute Gasteiger partial charge is 0.326 e. The fourth-order valence-electron chi connectivity index (χ4n) is 1.51. The Bertz CT molecular complexity index is 271. The van der Waals surface area contributed by atoms with Gasteiger partial charge in [-0.25, -0.2) is 9.59 Å². The van der Waals surface area contributed by atoms with Crippen molar-refractivity contribution in [2.75, 3.05) is 13.7 Å². The molecule has 0 saturated carbocycles. The number of carboxylic acid groups (broad SMARTS) is 1. The van der Waals surface area contributed by atoms with Crippen LogP contribution >= 0.6 is 0 Å². The number of carbonyl (C=O) groups excluding carboxylic acids is 1. The first-order chi connectivity index (χ1) is 8.46. The van der Waals surface area contributed by atoms with Crippen LogP contribution in [0.25, 0.3) is 0 Å². The maximum absolute atomic E-state index is 11.7. The van der Waals surface area contributed by atoms with Gasteiger partial charge in [0.15, 0.2) is 0 Å². The van der Waals surface area contributed by atoms with Crippen molar-refractivity contribution in [3.8, 4) is 0 Å². The molecule has 0 aromatic rings. The molecule has 0 aromatic heterocycles. The molecular formula is C12H24N2O4. The zero-order valence-electron chi connectivity index (χ0n) is 11.5. The van der Waals surface area contributed by atoms with Crippen molar-refractivity contribution in [3.63, 3.8) is 0 Å². The Kier molecular flexibility index (Phi) is 8.11. The second-order valence-corrected chi connectivity index (χ2v) is 4.38. The molecule has 2 amide bonds. The lowest BCUT2D eigenvalue weighted by Crippen LogP contribution is -2.52. The molecule has 3 atom stereocenters. The molecule has 0 bridgehead atoms. The van der Waals surface area contributed by atoms with Crippen LogP contribution in [-0.4, -0.2) is 42.9 Å². The monoisotopic (exact) mass is 260 g/mol. The van der Waals surface area contributed by atoms with Crippen LogP contribution in [0.5, 0.6) is 0 Å². The van der Waals surface area contributed by atoms with Crippen LogP contribution in [-0.2, 0) is 9.53 Å². The average Bonchev–Trinajstić information content (AvgIpc) is 2.34. The number of carboxylic acids is 1. The Morgan fingerprint density at radius 1 is 1.22 bits per heavy atom. The van der Waals surface area contributed by atoms with E-state index in [1.54, 1.807) is 14.0 Å². The standard InChI is InChI=1S/C12H24N2O4/c1-5-8(3)10(11(15)16)14-12(17)13-9(6-2)7-18-4/h8-10H,5-7H2,1-4H3,(H,15,16)(H2,13,14,17)/t8?,9?,10-/m0/s1. The Balaban J connectivity index is 4.37. The van der Waals surface area contributed by atoms with Gasteiger partial charge in [0.05, 0.1) is 12.6 Å². The van der Waals surface area contributed by atoms with E-state index in [4.69, 9.17) is 9.84 Å². The molecule has 0 aliphatic carbocycles. The molecule has 0 aliphatic heterocycles. The van der Waals surface area contributed by atoms with Gasteiger partial charge in [-0.05, 0) is 12.3 Å². The third kappa shape index (κ3) is 5.86. The molecule has 106 valence electrons. The number of ether oxygens (including phenoxy) is 1. The molecule has 0 saturated heterocycles. The van der Waals surface area contributed by atoms with Gasteiger partial charge in [-0.2, -0.15) is 0 Å². The molecule has 3 N–H and O–H groups in total. The second kappa shape index (κ2) is 8.74. The summed E-state index contributed by atoms with van der Waals surface area (Å²) in [6.07, 6.45) is 1.41. The molecule has 0 aromatic carbocycles. The molecule has 6 heteroatoms. The average molecular weight is 260 g/mol. The molecular weight excluding hydrogens is 236 g/mol. The van der Waals surface area contributed by atoms with Crippen LogP contribution in [0.1, 0.15) is 33.6 Å². The van der Waals surface area contributed by atoms with E-state index < -0.39 is 18.0 Å². The van der Waals surface area contributed by atoms with Gasteiger partial charge in [-0.15, -0.1) is 0 Å². The largest absolute Gasteiger partial charge is 0.480 e. The number of rotatable bonds is 8. The van der Waals surface area contributed by atoms with Gasteiger partial charge in [0, 0.05) is 7.11 Å². The van der Waals surface area contributed by atoms with Gasteiger partial charge >= 0.3 is 12.0 Å². The summed E-state index contributed by atoms with van der Waals surface area (Å²) < 4.78 is 4.96. The summed E-state index contributed by atoms with van der Waals surface area (Å²) >= 11 is 0. The van der Waals surface area contributed by atoms with Crippen LogP contribution in [0.2, 0.25) is 0 Å². The fourth-order valence-corrected chi connectivity index (χ4v) is 1.51. The zero-order valence-corrected chi connectivity index (χ0v) is 11.5. The molecule has 0 aliphatic rings. The lowest BCUT2D eigenvalue weighted by atomic mass is 9.99. The summed E-state index contributed by atoms with van der Waals surface area (Å²) in [6.45, 7) is 6.02. The molecule has 0 radical (unpaired) electrons. The minimum absolute atomic E-state index is 0.110. The molecule has 18 heavy (non-hydrogen) atoms. The number of hydrogen-bond donors (Lipinski definition) is 3. The number of methoxy groups -OCH3 is 1. The number of nitrogens with one attached hydrogen (secondary N) is 2. The van der Waals surface area contributed by atoms with Gasteiger partial charge in [0.2, 0.25) is 0 Å². The third-order valence-corrected chi connectivity index (χ3v) is 2.96. The highest BCUT2D eigenvalue weighted by Crippen LogP contribution is 2.07. The van der Waals surface area contributed by atoms with Crippen molar-refractivity contribution in [1.29, 1.82) is 0 Å². The van der Waals surface area contributed by atoms with E-state index in [0.29, 0.717) is 13.0 Å². The molecule has 2 unspecified atom stereocenters. The number of aliphatic carboxylic acids is 1. The fraction of sp³-hybridized carbons (Fsp3) is 0.833. The van der Waals surface area contributed by atoms with E-state index in [0.717, 1.165) is 6.42 Å². The topological polar surface area (TPSA) is 87.7 Å². The van der Waals surface area contributed by atoms with Crippen LogP contribution < -0.4 is 10.6 Å². The molecule has 0 heterocycles. The second-order valence-electron chi connectivity index (χ2n) is 4.38. The Morgan fingerprint density at radius 2 is 1.83 bits per heavy atom. The molecule has 0 spiro atoms. The summed E-state index contributed by atoms with van der Waals surface area (Å²) in [5.74, 6) is -1.13. The number of hydrogen-bond acceptors (Lipinski definition) is 3. The van der Waals surface area contributed by atoms with Crippen LogP contribution in [0.15, 0.2) is 0 Å². The maximum Gasteiger partial charge on any atom is 0.326 e. The van der Waals surface area contributed by atoms with Crippen molar-refractivity contribution < 1.29 is 19.4 Å². The van der Waals surface area contributed by atoms with Crippen LogP contribution in [0, 0.1) is 5.92 Å². The quantitative estimate of drug-likeness (QED) is 0.612. The van der Waals surface area contributed by atoms with E-state index in [9.17, 15) is 9.59 Å². The van der Waals surface area contributed by atoms with Gasteiger partial charge in [0.25, 0.3) is 0 Å². The van der Waals surface area contributed by atoms with E-state index in [1.807, 2.05) is 13.8 Å². The first-order valence-corrected chi connectivity index (χ1v) is 6.24. The van der Waals surface area contributed by atoms with Crippen molar-refractivity contribution in [3.05, 3.63) is 0 Å². The van der Waals surface area contributed by atoms with Crippen molar-refractivity contribution in [1.82, 2.24) is 10.6 Å². The molecule has 6 nitrogen and oxygen atoms in total. The van der Waals surface area contributed by atoms with Gasteiger partial charge in [-0.3, -0.25) is 0 Å². The molecule has 0 fully saturated rings. The summed E-state index contributed by atoms with van der Waals surface area (Å²) in [7, 11) is 1.56. The summed E-state index contributed by atoms with van der Waals surface area (Å²) in [4.78, 5) is 22.7. The first kappa shape index (κ1) is 16.7. The summed E-state index contributed by atoms with van der Waals surface area (Å²) in [5, 5.41) is 14.2. The van der Waals surface area contributed by atoms with Gasteiger partial charge < -0.3 is 20.5 Å². The normalized spacial score (nSPS) is 15.6. The maximum atomic E-state index is 11.7. The Hall–Kier alpha value is -1.30. The minimum atomic E-state index is -1.01. The van der Waals surface area contributed by atoms with E-state index >= 15 is 0 Å². The third-order valence-electron chi connectivity index (χ3n) is 2.96. The molecule has 0 rings (SSSR count). The predicted molar refractivity (Wildman–Crippen MR) is 68.5 cm³/mol. The van der Waals surface area contributed by atoms with Crippen LogP contribution in [0.3, 0.4) is 0 Å². The first-order valence-electron chi connectivity index (χ1n) is 6.24. The van der Waals surface area contributed by atoms with E-state index in [-0.39, 0.29) is 12.0 Å². The van der Waals surface area contributed by atoms with E-state index in [1.165, 1.54) is 0 Å². The Morgan fingerprint density at radius 3 is 2.22 bits per heavy atom.